The van der Waals surface area contributed by atoms with Crippen molar-refractivity contribution in [3.63, 3.8) is 0 Å². The van der Waals surface area contributed by atoms with Gasteiger partial charge in [0.05, 0.1) is 0 Å². The lowest BCUT2D eigenvalue weighted by Crippen LogP contribution is -2.40. The van der Waals surface area contributed by atoms with E-state index in [-0.39, 0.29) is 30.3 Å². The van der Waals surface area contributed by atoms with Crippen molar-refractivity contribution in [2.24, 2.45) is 5.92 Å². The van der Waals surface area contributed by atoms with Crippen LogP contribution >= 0.6 is 0 Å². The van der Waals surface area contributed by atoms with Crippen molar-refractivity contribution in [2.75, 3.05) is 13.6 Å². The third-order valence-corrected chi connectivity index (χ3v) is 3.68. The fourth-order valence-electron chi connectivity index (χ4n) is 2.35. The minimum Gasteiger partial charge on any atom is -0.480 e. The van der Waals surface area contributed by atoms with Gasteiger partial charge >= 0.3 is 5.97 Å². The van der Waals surface area contributed by atoms with Crippen LogP contribution in [0.1, 0.15) is 43.6 Å². The summed E-state index contributed by atoms with van der Waals surface area (Å²) in [6, 6.07) is 6.71. The van der Waals surface area contributed by atoms with Crippen molar-refractivity contribution in [1.82, 2.24) is 9.80 Å². The van der Waals surface area contributed by atoms with Gasteiger partial charge in [0.25, 0.3) is 5.91 Å². The monoisotopic (exact) mass is 334 g/mol. The van der Waals surface area contributed by atoms with Crippen LogP contribution in [0, 0.1) is 5.92 Å². The van der Waals surface area contributed by atoms with Gasteiger partial charge in [-0.05, 0) is 31.5 Å². The molecule has 0 fully saturated rings. The molecule has 0 saturated heterocycles. The molecule has 0 aromatic heterocycles. The highest BCUT2D eigenvalue weighted by Crippen LogP contribution is 2.12. The van der Waals surface area contributed by atoms with Crippen LogP contribution < -0.4 is 0 Å². The Morgan fingerprint density at radius 3 is 2.00 bits per heavy atom. The standard InChI is InChI=1S/C18H26N2O4/c1-12(2)17(23)19(5)10-14-6-8-15(9-7-14)18(24)20(13(3)4)11-16(21)22/h6-9,12-13H,10-11H2,1-5H3,(H,21,22). The van der Waals surface area contributed by atoms with Crippen molar-refractivity contribution in [2.45, 2.75) is 40.3 Å². The number of hydrogen-bond acceptors (Lipinski definition) is 3. The van der Waals surface area contributed by atoms with Crippen LogP contribution in [0.3, 0.4) is 0 Å². The van der Waals surface area contributed by atoms with E-state index < -0.39 is 5.97 Å². The van der Waals surface area contributed by atoms with Gasteiger partial charge < -0.3 is 14.9 Å². The zero-order valence-corrected chi connectivity index (χ0v) is 14.9. The van der Waals surface area contributed by atoms with Crippen molar-refractivity contribution in [3.8, 4) is 0 Å². The maximum atomic E-state index is 12.5. The molecular weight excluding hydrogens is 308 g/mol. The summed E-state index contributed by atoms with van der Waals surface area (Å²) in [6.45, 7) is 7.40. The van der Waals surface area contributed by atoms with Crippen LogP contribution in [-0.2, 0) is 16.1 Å². The summed E-state index contributed by atoms with van der Waals surface area (Å²) in [5, 5.41) is 8.94. The first-order valence-electron chi connectivity index (χ1n) is 8.00. The smallest absolute Gasteiger partial charge is 0.323 e. The largest absolute Gasteiger partial charge is 0.480 e. The predicted molar refractivity (Wildman–Crippen MR) is 91.6 cm³/mol. The molecule has 0 atom stereocenters. The van der Waals surface area contributed by atoms with E-state index >= 15 is 0 Å². The first-order valence-corrected chi connectivity index (χ1v) is 8.00. The number of nitrogens with zero attached hydrogens (tertiary/aromatic N) is 2. The predicted octanol–water partition coefficient (Wildman–Crippen LogP) is 2.24. The number of benzene rings is 1. The number of carboxylic acid groups (broad SMARTS) is 1. The molecule has 132 valence electrons. The van der Waals surface area contributed by atoms with Gasteiger partial charge in [0, 0.05) is 31.1 Å². The summed E-state index contributed by atoms with van der Waals surface area (Å²) in [7, 11) is 1.74. The number of hydrogen-bond donors (Lipinski definition) is 1. The minimum atomic E-state index is -1.04. The molecule has 0 saturated carbocycles. The first kappa shape index (κ1) is 19.7. The second-order valence-electron chi connectivity index (χ2n) is 6.47. The highest BCUT2D eigenvalue weighted by atomic mass is 16.4. The number of carbonyl (C=O) groups excluding carboxylic acids is 2. The van der Waals surface area contributed by atoms with Crippen LogP contribution in [0.2, 0.25) is 0 Å². The molecule has 0 spiro atoms. The van der Waals surface area contributed by atoms with Crippen molar-refractivity contribution < 1.29 is 19.5 Å². The van der Waals surface area contributed by atoms with Crippen LogP contribution in [0.15, 0.2) is 24.3 Å². The Kier molecular flexibility index (Phi) is 6.95. The Labute approximate surface area is 143 Å². The molecule has 24 heavy (non-hydrogen) atoms. The molecule has 1 rings (SSSR count). The number of carbonyl (C=O) groups is 3. The molecule has 0 aliphatic carbocycles. The zero-order chi connectivity index (χ0) is 18.4. The quantitative estimate of drug-likeness (QED) is 0.829. The third-order valence-electron chi connectivity index (χ3n) is 3.68. The molecule has 2 amide bonds. The van der Waals surface area contributed by atoms with Crippen LogP contribution in [0.5, 0.6) is 0 Å². The van der Waals surface area contributed by atoms with Gasteiger partial charge in [-0.25, -0.2) is 0 Å². The van der Waals surface area contributed by atoms with Crippen molar-refractivity contribution >= 4 is 17.8 Å². The molecule has 6 heteroatoms. The average molecular weight is 334 g/mol. The molecule has 1 aromatic rings. The van der Waals surface area contributed by atoms with E-state index in [1.807, 2.05) is 13.8 Å². The summed E-state index contributed by atoms with van der Waals surface area (Å²) in [5.74, 6) is -1.36. The first-order chi connectivity index (χ1) is 11.1. The Bertz CT molecular complexity index is 594. The van der Waals surface area contributed by atoms with Crippen LogP contribution in [0.25, 0.3) is 0 Å². The fourth-order valence-corrected chi connectivity index (χ4v) is 2.35. The van der Waals surface area contributed by atoms with Crippen LogP contribution in [-0.4, -0.2) is 52.3 Å². The van der Waals surface area contributed by atoms with E-state index in [4.69, 9.17) is 5.11 Å². The van der Waals surface area contributed by atoms with E-state index in [9.17, 15) is 14.4 Å². The van der Waals surface area contributed by atoms with Crippen LogP contribution in [0.4, 0.5) is 0 Å². The van der Waals surface area contributed by atoms with Gasteiger partial charge in [-0.1, -0.05) is 26.0 Å². The van der Waals surface area contributed by atoms with Gasteiger partial charge in [0.15, 0.2) is 0 Å². The lowest BCUT2D eigenvalue weighted by atomic mass is 10.1. The van der Waals surface area contributed by atoms with Gasteiger partial charge in [-0.2, -0.15) is 0 Å². The minimum absolute atomic E-state index is 0.0580. The Balaban J connectivity index is 2.84. The van der Waals surface area contributed by atoms with E-state index in [0.717, 1.165) is 5.56 Å². The lowest BCUT2D eigenvalue weighted by molar-refractivity contribution is -0.138. The Hall–Kier alpha value is -2.37. The second-order valence-corrected chi connectivity index (χ2v) is 6.47. The molecule has 1 aromatic carbocycles. The normalized spacial score (nSPS) is 10.8. The Morgan fingerprint density at radius 1 is 1.04 bits per heavy atom. The summed E-state index contributed by atoms with van der Waals surface area (Å²) >= 11 is 0. The second kappa shape index (κ2) is 8.47. The molecule has 0 radical (unpaired) electrons. The molecule has 0 bridgehead atoms. The molecular formula is C18H26N2O4. The Morgan fingerprint density at radius 2 is 1.58 bits per heavy atom. The van der Waals surface area contributed by atoms with Crippen molar-refractivity contribution in [1.29, 1.82) is 0 Å². The third kappa shape index (κ3) is 5.37. The SMILES string of the molecule is CC(C)C(=O)N(C)Cc1ccc(C(=O)N(CC(=O)O)C(C)C)cc1. The van der Waals surface area contributed by atoms with Gasteiger partial charge in [0.2, 0.25) is 5.91 Å². The average Bonchev–Trinajstić information content (AvgIpc) is 2.51. The summed E-state index contributed by atoms with van der Waals surface area (Å²) < 4.78 is 0. The fraction of sp³-hybridized carbons (Fsp3) is 0.500. The van der Waals surface area contributed by atoms with E-state index in [0.29, 0.717) is 12.1 Å². The summed E-state index contributed by atoms with van der Waals surface area (Å²) in [6.07, 6.45) is 0. The lowest BCUT2D eigenvalue weighted by Gasteiger charge is -2.25. The molecule has 0 aliphatic heterocycles. The van der Waals surface area contributed by atoms with E-state index in [1.54, 1.807) is 50.1 Å². The number of aliphatic carboxylic acids is 1. The molecule has 0 unspecified atom stereocenters. The highest BCUT2D eigenvalue weighted by Gasteiger charge is 2.21. The maximum Gasteiger partial charge on any atom is 0.323 e. The van der Waals surface area contributed by atoms with E-state index in [1.165, 1.54) is 4.90 Å². The molecule has 0 heterocycles. The summed E-state index contributed by atoms with van der Waals surface area (Å²) in [4.78, 5) is 38.2. The highest BCUT2D eigenvalue weighted by molar-refractivity contribution is 5.96. The molecule has 6 nitrogen and oxygen atoms in total. The van der Waals surface area contributed by atoms with Gasteiger partial charge in [0.1, 0.15) is 6.54 Å². The molecule has 0 aliphatic rings. The number of carboxylic acids is 1. The number of amides is 2. The maximum absolute atomic E-state index is 12.5. The summed E-state index contributed by atoms with van der Waals surface area (Å²) in [5.41, 5.74) is 1.35. The topological polar surface area (TPSA) is 77.9 Å². The molecule has 1 N–H and O–H groups in total. The van der Waals surface area contributed by atoms with E-state index in [2.05, 4.69) is 0 Å². The van der Waals surface area contributed by atoms with Crippen molar-refractivity contribution in [3.05, 3.63) is 35.4 Å². The zero-order valence-electron chi connectivity index (χ0n) is 14.9. The number of rotatable bonds is 7. The van der Waals surface area contributed by atoms with Gasteiger partial charge in [-0.15, -0.1) is 0 Å². The van der Waals surface area contributed by atoms with Gasteiger partial charge in [-0.3, -0.25) is 14.4 Å².